The van der Waals surface area contributed by atoms with Crippen LogP contribution in [-0.2, 0) is 6.54 Å². The molecule has 0 bridgehead atoms. The molecule has 3 N–H and O–H groups in total. The molecule has 118 valence electrons. The number of hydrogen-bond donors (Lipinski definition) is 3. The fourth-order valence-electron chi connectivity index (χ4n) is 2.75. The Labute approximate surface area is 139 Å². The number of benzene rings is 1. The molecule has 6 heteroatoms. The van der Waals surface area contributed by atoms with Crippen LogP contribution in [0.3, 0.4) is 0 Å². The number of aromatic nitrogens is 1. The summed E-state index contributed by atoms with van der Waals surface area (Å²) >= 11 is 7.35. The second-order valence-electron chi connectivity index (χ2n) is 5.63. The zero-order valence-electron chi connectivity index (χ0n) is 12.3. The van der Waals surface area contributed by atoms with E-state index in [0.29, 0.717) is 17.1 Å². The van der Waals surface area contributed by atoms with Gasteiger partial charge in [0.2, 0.25) is 0 Å². The fraction of sp³-hybridized carbons (Fsp3) is 0.438. The van der Waals surface area contributed by atoms with Crippen LogP contribution in [-0.4, -0.2) is 22.2 Å². The maximum absolute atomic E-state index is 9.60. The third-order valence-electron chi connectivity index (χ3n) is 3.96. The van der Waals surface area contributed by atoms with E-state index >= 15 is 0 Å². The molecule has 0 atom stereocenters. The molecule has 0 aliphatic heterocycles. The van der Waals surface area contributed by atoms with Gasteiger partial charge in [0.25, 0.3) is 0 Å². The highest BCUT2D eigenvalue weighted by Crippen LogP contribution is 2.28. The first-order valence-electron chi connectivity index (χ1n) is 7.58. The second-order valence-corrected chi connectivity index (χ2v) is 7.33. The fourth-order valence-corrected chi connectivity index (χ4v) is 3.67. The molecule has 1 aromatic heterocycles. The molecular formula is C16H20ClN3OS. The molecule has 4 nitrogen and oxygen atoms in total. The first-order valence-corrected chi connectivity index (χ1v) is 8.78. The highest BCUT2D eigenvalue weighted by molar-refractivity contribution is 7.15. The summed E-state index contributed by atoms with van der Waals surface area (Å²) in [7, 11) is 0. The molecule has 0 radical (unpaired) electrons. The van der Waals surface area contributed by atoms with Crippen LogP contribution in [0, 0.1) is 0 Å². The molecule has 1 aliphatic rings. The van der Waals surface area contributed by atoms with E-state index in [1.807, 2.05) is 12.1 Å². The molecule has 3 rings (SSSR count). The summed E-state index contributed by atoms with van der Waals surface area (Å²) in [5.41, 5.74) is 2.19. The largest absolute Gasteiger partial charge is 0.393 e. The van der Waals surface area contributed by atoms with Crippen LogP contribution in [0.1, 0.15) is 30.6 Å². The number of rotatable bonds is 5. The number of para-hydroxylation sites is 2. The number of halogens is 1. The molecule has 1 aromatic carbocycles. The van der Waals surface area contributed by atoms with Crippen LogP contribution in [0.2, 0.25) is 4.47 Å². The van der Waals surface area contributed by atoms with Crippen LogP contribution < -0.4 is 10.6 Å². The highest BCUT2D eigenvalue weighted by atomic mass is 35.5. The van der Waals surface area contributed by atoms with E-state index in [9.17, 15) is 5.11 Å². The number of aliphatic hydroxyl groups excluding tert-OH is 1. The number of anilines is 2. The molecule has 1 fully saturated rings. The summed E-state index contributed by atoms with van der Waals surface area (Å²) in [4.78, 5) is 5.17. The maximum atomic E-state index is 9.60. The van der Waals surface area contributed by atoms with Crippen molar-refractivity contribution in [2.24, 2.45) is 0 Å². The SMILES string of the molecule is OC1CCC(Nc2ccccc2NCc2cnc(Cl)s2)CC1. The van der Waals surface area contributed by atoms with Crippen LogP contribution in [0.5, 0.6) is 0 Å². The van der Waals surface area contributed by atoms with Crippen LogP contribution >= 0.6 is 22.9 Å². The molecular weight excluding hydrogens is 318 g/mol. The summed E-state index contributed by atoms with van der Waals surface area (Å²) in [5.74, 6) is 0. The molecule has 0 amide bonds. The molecule has 0 saturated heterocycles. The average Bonchev–Trinajstić information content (AvgIpc) is 2.94. The van der Waals surface area contributed by atoms with Crippen molar-refractivity contribution < 1.29 is 5.11 Å². The zero-order valence-corrected chi connectivity index (χ0v) is 13.8. The first kappa shape index (κ1) is 15.6. The lowest BCUT2D eigenvalue weighted by molar-refractivity contribution is 0.126. The third kappa shape index (κ3) is 4.12. The Morgan fingerprint density at radius 3 is 2.59 bits per heavy atom. The van der Waals surface area contributed by atoms with E-state index in [1.54, 1.807) is 6.20 Å². The monoisotopic (exact) mass is 337 g/mol. The average molecular weight is 338 g/mol. The summed E-state index contributed by atoms with van der Waals surface area (Å²) < 4.78 is 0.573. The number of nitrogens with one attached hydrogen (secondary N) is 2. The molecule has 22 heavy (non-hydrogen) atoms. The minimum atomic E-state index is -0.123. The van der Waals surface area contributed by atoms with Gasteiger partial charge >= 0.3 is 0 Å². The van der Waals surface area contributed by atoms with Crippen molar-refractivity contribution >= 4 is 34.3 Å². The molecule has 2 aromatic rings. The molecule has 0 unspecified atom stereocenters. The van der Waals surface area contributed by atoms with Crippen molar-refractivity contribution in [3.63, 3.8) is 0 Å². The van der Waals surface area contributed by atoms with Gasteiger partial charge in [-0.3, -0.25) is 0 Å². The van der Waals surface area contributed by atoms with Gasteiger partial charge in [0.15, 0.2) is 4.47 Å². The summed E-state index contributed by atoms with van der Waals surface area (Å²) in [6, 6.07) is 8.66. The Morgan fingerprint density at radius 1 is 1.18 bits per heavy atom. The van der Waals surface area contributed by atoms with Gasteiger partial charge in [-0.2, -0.15) is 0 Å². The number of thiazole rings is 1. The zero-order chi connectivity index (χ0) is 15.4. The minimum absolute atomic E-state index is 0.123. The normalized spacial score (nSPS) is 21.5. The standard InChI is InChI=1S/C16H20ClN3OS/c17-16-19-10-13(22-16)9-18-14-3-1-2-4-15(14)20-11-5-7-12(21)8-6-11/h1-4,10-12,18,20-21H,5-9H2. The van der Waals surface area contributed by atoms with Crippen molar-refractivity contribution in [3.05, 3.63) is 39.8 Å². The molecule has 0 spiro atoms. The van der Waals surface area contributed by atoms with Crippen molar-refractivity contribution in [2.45, 2.75) is 44.4 Å². The lowest BCUT2D eigenvalue weighted by atomic mass is 9.93. The Balaban J connectivity index is 1.62. The molecule has 1 heterocycles. The number of aliphatic hydroxyl groups is 1. The van der Waals surface area contributed by atoms with E-state index in [1.165, 1.54) is 11.3 Å². The summed E-state index contributed by atoms with van der Waals surface area (Å²) in [5, 5.41) is 16.6. The van der Waals surface area contributed by atoms with Gasteiger partial charge in [-0.05, 0) is 37.8 Å². The number of nitrogens with zero attached hydrogens (tertiary/aromatic N) is 1. The van der Waals surface area contributed by atoms with E-state index in [-0.39, 0.29) is 6.10 Å². The van der Waals surface area contributed by atoms with Crippen molar-refractivity contribution in [3.8, 4) is 0 Å². The predicted molar refractivity (Wildman–Crippen MR) is 92.8 cm³/mol. The van der Waals surface area contributed by atoms with Gasteiger partial charge in [-0.25, -0.2) is 4.98 Å². The van der Waals surface area contributed by atoms with Gasteiger partial charge in [-0.15, -0.1) is 11.3 Å². The highest BCUT2D eigenvalue weighted by Gasteiger charge is 2.19. The summed E-state index contributed by atoms with van der Waals surface area (Å²) in [6.07, 6.45) is 5.47. The molecule has 1 aliphatic carbocycles. The second kappa shape index (κ2) is 7.31. The lowest BCUT2D eigenvalue weighted by Crippen LogP contribution is -2.28. The minimum Gasteiger partial charge on any atom is -0.393 e. The van der Waals surface area contributed by atoms with E-state index in [2.05, 4.69) is 27.8 Å². The Kier molecular flexibility index (Phi) is 5.18. The topological polar surface area (TPSA) is 57.2 Å². The smallest absolute Gasteiger partial charge is 0.183 e. The van der Waals surface area contributed by atoms with Crippen molar-refractivity contribution in [2.75, 3.05) is 10.6 Å². The molecule has 1 saturated carbocycles. The third-order valence-corrected chi connectivity index (χ3v) is 5.08. The van der Waals surface area contributed by atoms with Gasteiger partial charge in [0, 0.05) is 17.1 Å². The lowest BCUT2D eigenvalue weighted by Gasteiger charge is -2.28. The van der Waals surface area contributed by atoms with Crippen LogP contribution in [0.15, 0.2) is 30.5 Å². The Morgan fingerprint density at radius 2 is 1.91 bits per heavy atom. The Hall–Kier alpha value is -1.30. The predicted octanol–water partition coefficient (Wildman–Crippen LogP) is 4.12. The van der Waals surface area contributed by atoms with Gasteiger partial charge in [-0.1, -0.05) is 23.7 Å². The van der Waals surface area contributed by atoms with Crippen LogP contribution in [0.4, 0.5) is 11.4 Å². The van der Waals surface area contributed by atoms with E-state index < -0.39 is 0 Å². The maximum Gasteiger partial charge on any atom is 0.183 e. The Bertz CT molecular complexity index is 611. The van der Waals surface area contributed by atoms with Gasteiger partial charge < -0.3 is 15.7 Å². The number of hydrogen-bond acceptors (Lipinski definition) is 5. The van der Waals surface area contributed by atoms with Crippen LogP contribution in [0.25, 0.3) is 0 Å². The van der Waals surface area contributed by atoms with E-state index in [0.717, 1.165) is 41.9 Å². The van der Waals surface area contributed by atoms with Crippen molar-refractivity contribution in [1.82, 2.24) is 4.98 Å². The van der Waals surface area contributed by atoms with E-state index in [4.69, 9.17) is 11.6 Å². The van der Waals surface area contributed by atoms with Crippen molar-refractivity contribution in [1.29, 1.82) is 0 Å². The van der Waals surface area contributed by atoms with Gasteiger partial charge in [0.05, 0.1) is 24.0 Å². The van der Waals surface area contributed by atoms with Gasteiger partial charge in [0.1, 0.15) is 0 Å². The summed E-state index contributed by atoms with van der Waals surface area (Å²) in [6.45, 7) is 0.715. The first-order chi connectivity index (χ1) is 10.7. The quantitative estimate of drug-likeness (QED) is 0.768.